The molecule has 88 valence electrons. The van der Waals surface area contributed by atoms with Gasteiger partial charge in [0, 0.05) is 6.54 Å². The second kappa shape index (κ2) is 4.03. The fourth-order valence-electron chi connectivity index (χ4n) is 2.48. The van der Waals surface area contributed by atoms with Crippen molar-refractivity contribution in [3.05, 3.63) is 0 Å². The van der Waals surface area contributed by atoms with E-state index in [1.807, 2.05) is 0 Å². The molecule has 1 aliphatic carbocycles. The zero-order valence-corrected chi connectivity index (χ0v) is 10.2. The third-order valence-corrected chi connectivity index (χ3v) is 5.65. The van der Waals surface area contributed by atoms with Gasteiger partial charge >= 0.3 is 0 Å². The molecule has 0 bridgehead atoms. The highest BCUT2D eigenvalue weighted by atomic mass is 32.2. The van der Waals surface area contributed by atoms with Crippen LogP contribution < -0.4 is 0 Å². The van der Waals surface area contributed by atoms with Crippen molar-refractivity contribution in [2.45, 2.75) is 50.5 Å². The van der Waals surface area contributed by atoms with Crippen molar-refractivity contribution in [1.82, 2.24) is 4.31 Å². The van der Waals surface area contributed by atoms with E-state index >= 15 is 0 Å². The van der Waals surface area contributed by atoms with Crippen LogP contribution in [0.3, 0.4) is 0 Å². The van der Waals surface area contributed by atoms with E-state index in [2.05, 4.69) is 0 Å². The first-order valence-corrected chi connectivity index (χ1v) is 7.16. The number of ether oxygens (including phenoxy) is 1. The quantitative estimate of drug-likeness (QED) is 0.714. The lowest BCUT2D eigenvalue weighted by Crippen LogP contribution is -2.52. The Labute approximate surface area is 91.6 Å². The molecule has 2 aliphatic rings. The first-order chi connectivity index (χ1) is 7.03. The van der Waals surface area contributed by atoms with Crippen LogP contribution in [0.2, 0.25) is 0 Å². The first kappa shape index (κ1) is 11.4. The number of nitrogens with zero attached hydrogens (tertiary/aromatic N) is 1. The van der Waals surface area contributed by atoms with Gasteiger partial charge < -0.3 is 4.74 Å². The molecule has 2 rings (SSSR count). The van der Waals surface area contributed by atoms with Crippen molar-refractivity contribution < 1.29 is 13.2 Å². The monoisotopic (exact) mass is 233 g/mol. The fraction of sp³-hybridized carbons (Fsp3) is 1.00. The summed E-state index contributed by atoms with van der Waals surface area (Å²) >= 11 is 0. The fourth-order valence-corrected chi connectivity index (χ4v) is 3.97. The van der Waals surface area contributed by atoms with Crippen molar-refractivity contribution >= 4 is 10.0 Å². The predicted octanol–water partition coefficient (Wildman–Crippen LogP) is 0.978. The molecule has 0 aromatic heterocycles. The van der Waals surface area contributed by atoms with Gasteiger partial charge in [-0.15, -0.1) is 0 Å². The Kier molecular flexibility index (Phi) is 3.05. The van der Waals surface area contributed by atoms with Crippen LogP contribution in [0.25, 0.3) is 0 Å². The maximum Gasteiger partial charge on any atom is 0.216 e. The van der Waals surface area contributed by atoms with E-state index < -0.39 is 10.0 Å². The molecule has 2 fully saturated rings. The van der Waals surface area contributed by atoms with Gasteiger partial charge in [-0.25, -0.2) is 8.42 Å². The number of morpholine rings is 1. The number of sulfonamides is 1. The Morgan fingerprint density at radius 1 is 1.33 bits per heavy atom. The summed E-state index contributed by atoms with van der Waals surface area (Å²) < 4.78 is 31.5. The van der Waals surface area contributed by atoms with Crippen LogP contribution >= 0.6 is 0 Å². The Morgan fingerprint density at radius 2 is 2.07 bits per heavy atom. The normalized spacial score (nSPS) is 33.3. The lowest BCUT2D eigenvalue weighted by molar-refractivity contribution is -0.0243. The molecule has 0 aromatic rings. The van der Waals surface area contributed by atoms with E-state index in [1.165, 1.54) is 0 Å². The summed E-state index contributed by atoms with van der Waals surface area (Å²) in [5.74, 6) is 0. The number of hydrogen-bond acceptors (Lipinski definition) is 3. The Balaban J connectivity index is 2.21. The van der Waals surface area contributed by atoms with Gasteiger partial charge in [0.25, 0.3) is 0 Å². The van der Waals surface area contributed by atoms with Gasteiger partial charge in [-0.05, 0) is 33.1 Å². The van der Waals surface area contributed by atoms with Crippen LogP contribution in [-0.4, -0.2) is 43.3 Å². The summed E-state index contributed by atoms with van der Waals surface area (Å²) in [5, 5.41) is -0.322. The SMILES string of the molecule is CC(C)S(=O)(=O)N1CCOC2CCCC21. The topological polar surface area (TPSA) is 46.6 Å². The van der Waals surface area contributed by atoms with Crippen LogP contribution in [0, 0.1) is 0 Å². The summed E-state index contributed by atoms with van der Waals surface area (Å²) in [6, 6.07) is 0.103. The Hall–Kier alpha value is -0.130. The summed E-state index contributed by atoms with van der Waals surface area (Å²) in [5.41, 5.74) is 0. The van der Waals surface area contributed by atoms with E-state index in [9.17, 15) is 8.42 Å². The molecule has 2 unspecified atom stereocenters. The second-order valence-electron chi connectivity index (χ2n) is 4.61. The maximum absolute atomic E-state index is 12.1. The summed E-state index contributed by atoms with van der Waals surface area (Å²) in [7, 11) is -3.10. The number of rotatable bonds is 2. The predicted molar refractivity (Wildman–Crippen MR) is 58.1 cm³/mol. The van der Waals surface area contributed by atoms with Gasteiger partial charge in [0.2, 0.25) is 10.0 Å². The molecule has 2 atom stereocenters. The minimum atomic E-state index is -3.10. The van der Waals surface area contributed by atoms with Crippen LogP contribution in [-0.2, 0) is 14.8 Å². The van der Waals surface area contributed by atoms with Gasteiger partial charge in [-0.2, -0.15) is 4.31 Å². The Morgan fingerprint density at radius 3 is 2.73 bits per heavy atom. The average Bonchev–Trinajstić information content (AvgIpc) is 2.64. The number of hydrogen-bond donors (Lipinski definition) is 0. The smallest absolute Gasteiger partial charge is 0.216 e. The van der Waals surface area contributed by atoms with Crippen molar-refractivity contribution in [3.63, 3.8) is 0 Å². The molecule has 4 nitrogen and oxygen atoms in total. The van der Waals surface area contributed by atoms with E-state index in [0.29, 0.717) is 13.2 Å². The van der Waals surface area contributed by atoms with E-state index in [1.54, 1.807) is 18.2 Å². The molecule has 1 aliphatic heterocycles. The molecule has 0 N–H and O–H groups in total. The van der Waals surface area contributed by atoms with Gasteiger partial charge in [0.05, 0.1) is 24.0 Å². The average molecular weight is 233 g/mol. The molecule has 1 saturated carbocycles. The van der Waals surface area contributed by atoms with Crippen LogP contribution in [0.1, 0.15) is 33.1 Å². The molecule has 0 radical (unpaired) electrons. The minimum absolute atomic E-state index is 0.103. The van der Waals surface area contributed by atoms with Crippen molar-refractivity contribution in [1.29, 1.82) is 0 Å². The molecular weight excluding hydrogens is 214 g/mol. The van der Waals surface area contributed by atoms with E-state index in [0.717, 1.165) is 19.3 Å². The highest BCUT2D eigenvalue weighted by Crippen LogP contribution is 2.32. The third kappa shape index (κ3) is 1.92. The summed E-state index contributed by atoms with van der Waals surface area (Å²) in [4.78, 5) is 0. The molecule has 1 heterocycles. The van der Waals surface area contributed by atoms with E-state index in [4.69, 9.17) is 4.74 Å². The molecule has 1 saturated heterocycles. The van der Waals surface area contributed by atoms with E-state index in [-0.39, 0.29) is 17.4 Å². The third-order valence-electron chi connectivity index (χ3n) is 3.35. The number of fused-ring (bicyclic) bond motifs is 1. The lowest BCUT2D eigenvalue weighted by Gasteiger charge is -2.37. The molecule has 0 aromatic carbocycles. The van der Waals surface area contributed by atoms with Crippen molar-refractivity contribution in [3.8, 4) is 0 Å². The van der Waals surface area contributed by atoms with Crippen LogP contribution in [0.4, 0.5) is 0 Å². The highest BCUT2D eigenvalue weighted by molar-refractivity contribution is 7.89. The Bertz CT molecular complexity index is 326. The maximum atomic E-state index is 12.1. The van der Waals surface area contributed by atoms with Gasteiger partial charge in [0.15, 0.2) is 0 Å². The molecule has 15 heavy (non-hydrogen) atoms. The van der Waals surface area contributed by atoms with Crippen LogP contribution in [0.15, 0.2) is 0 Å². The zero-order chi connectivity index (χ0) is 11.1. The largest absolute Gasteiger partial charge is 0.375 e. The van der Waals surface area contributed by atoms with Crippen molar-refractivity contribution in [2.24, 2.45) is 0 Å². The zero-order valence-electron chi connectivity index (χ0n) is 9.35. The van der Waals surface area contributed by atoms with Gasteiger partial charge in [0.1, 0.15) is 0 Å². The van der Waals surface area contributed by atoms with Gasteiger partial charge in [-0.3, -0.25) is 0 Å². The first-order valence-electron chi connectivity index (χ1n) is 5.65. The molecular formula is C10H19NO3S. The molecule has 5 heteroatoms. The second-order valence-corrected chi connectivity index (χ2v) is 7.05. The highest BCUT2D eigenvalue weighted by Gasteiger charge is 2.42. The minimum Gasteiger partial charge on any atom is -0.375 e. The summed E-state index contributed by atoms with van der Waals surface area (Å²) in [6.07, 6.45) is 3.19. The summed E-state index contributed by atoms with van der Waals surface area (Å²) in [6.45, 7) is 4.57. The van der Waals surface area contributed by atoms with Crippen LogP contribution in [0.5, 0.6) is 0 Å². The molecule has 0 spiro atoms. The van der Waals surface area contributed by atoms with Crippen molar-refractivity contribution in [2.75, 3.05) is 13.2 Å². The molecule has 0 amide bonds. The van der Waals surface area contributed by atoms with Gasteiger partial charge in [-0.1, -0.05) is 0 Å². The standard InChI is InChI=1S/C10H19NO3S/c1-8(2)15(12,13)11-6-7-14-10-5-3-4-9(10)11/h8-10H,3-7H2,1-2H3. The lowest BCUT2D eigenvalue weighted by atomic mass is 10.2.